The summed E-state index contributed by atoms with van der Waals surface area (Å²) in [4.78, 5) is 12.9. The Morgan fingerprint density at radius 3 is 2.37 bits per heavy atom. The van der Waals surface area contributed by atoms with E-state index in [0.717, 1.165) is 45.6 Å². The summed E-state index contributed by atoms with van der Waals surface area (Å²) in [5.74, 6) is 0. The Morgan fingerprint density at radius 2 is 1.63 bits per heavy atom. The van der Waals surface area contributed by atoms with Gasteiger partial charge >= 0.3 is 0 Å². The first-order valence-electron chi connectivity index (χ1n) is 9.19. The number of aromatic nitrogens is 1. The van der Waals surface area contributed by atoms with Crippen molar-refractivity contribution in [3.8, 4) is 0 Å². The molecule has 0 saturated heterocycles. The van der Waals surface area contributed by atoms with Gasteiger partial charge in [0.1, 0.15) is 0 Å². The number of nitrogens with one attached hydrogen (secondary N) is 2. The molecule has 132 valence electrons. The first kappa shape index (κ1) is 15.8. The summed E-state index contributed by atoms with van der Waals surface area (Å²) in [5, 5.41) is 5.70. The Morgan fingerprint density at radius 1 is 0.926 bits per heavy atom. The van der Waals surface area contributed by atoms with Crippen molar-refractivity contribution in [1.82, 2.24) is 10.3 Å². The van der Waals surface area contributed by atoms with Crippen molar-refractivity contribution in [1.29, 1.82) is 0 Å². The Balaban J connectivity index is 1.67. The van der Waals surface area contributed by atoms with Crippen molar-refractivity contribution >= 4 is 23.6 Å². The first-order chi connectivity index (χ1) is 13.2. The van der Waals surface area contributed by atoms with E-state index in [-0.39, 0.29) is 5.54 Å². The van der Waals surface area contributed by atoms with Crippen molar-refractivity contribution in [2.75, 3.05) is 0 Å². The van der Waals surface area contributed by atoms with Gasteiger partial charge in [-0.05, 0) is 74.1 Å². The Bertz CT molecular complexity index is 1180. The topological polar surface area (TPSA) is 52.5 Å². The number of H-pyrrole nitrogens is 1. The molecule has 4 aliphatic heterocycles. The first-order valence-corrected chi connectivity index (χ1v) is 9.19. The maximum Gasteiger partial charge on any atom is 0.0798 e. The molecule has 0 saturated carbocycles. The van der Waals surface area contributed by atoms with Gasteiger partial charge in [-0.15, -0.1) is 0 Å². The van der Waals surface area contributed by atoms with E-state index in [1.807, 2.05) is 19.1 Å². The van der Waals surface area contributed by atoms with Gasteiger partial charge in [-0.25, -0.2) is 9.98 Å². The molecule has 4 nitrogen and oxygen atoms in total. The lowest BCUT2D eigenvalue weighted by Gasteiger charge is -2.24. The van der Waals surface area contributed by atoms with Crippen LogP contribution in [0.1, 0.15) is 13.3 Å². The molecule has 4 heteroatoms. The monoisotopic (exact) mass is 352 g/mol. The molecule has 1 aromatic heterocycles. The van der Waals surface area contributed by atoms with Crippen LogP contribution in [0.2, 0.25) is 0 Å². The van der Waals surface area contributed by atoms with Gasteiger partial charge in [0.15, 0.2) is 0 Å². The van der Waals surface area contributed by atoms with E-state index >= 15 is 0 Å². The number of hydrogen-bond acceptors (Lipinski definition) is 3. The van der Waals surface area contributed by atoms with Crippen LogP contribution in [0.3, 0.4) is 0 Å². The average molecular weight is 352 g/mol. The van der Waals surface area contributed by atoms with Crippen molar-refractivity contribution < 1.29 is 0 Å². The van der Waals surface area contributed by atoms with Crippen molar-refractivity contribution in [2.45, 2.75) is 18.9 Å². The van der Waals surface area contributed by atoms with E-state index < -0.39 is 0 Å². The fraction of sp³-hybridized carbons (Fsp3) is 0.130. The van der Waals surface area contributed by atoms with Crippen molar-refractivity contribution in [3.05, 3.63) is 94.6 Å². The highest BCUT2D eigenvalue weighted by Crippen LogP contribution is 2.29. The average Bonchev–Trinajstić information content (AvgIpc) is 3.40. The summed E-state index contributed by atoms with van der Waals surface area (Å²) in [6, 6.07) is 4.12. The van der Waals surface area contributed by atoms with Gasteiger partial charge in [0.05, 0.1) is 28.4 Å². The van der Waals surface area contributed by atoms with Crippen LogP contribution in [0.15, 0.2) is 93.9 Å². The number of fused-ring (bicyclic) bond motifs is 6. The van der Waals surface area contributed by atoms with Gasteiger partial charge in [0.25, 0.3) is 0 Å². The van der Waals surface area contributed by atoms with Crippen molar-refractivity contribution in [3.63, 3.8) is 0 Å². The van der Waals surface area contributed by atoms with Gasteiger partial charge in [-0.2, -0.15) is 0 Å². The largest absolute Gasteiger partial charge is 0.372 e. The van der Waals surface area contributed by atoms with E-state index in [9.17, 15) is 0 Å². The van der Waals surface area contributed by atoms with Gasteiger partial charge in [0, 0.05) is 16.4 Å². The maximum atomic E-state index is 4.77. The van der Waals surface area contributed by atoms with Crippen LogP contribution < -0.4 is 16.0 Å². The summed E-state index contributed by atoms with van der Waals surface area (Å²) in [6.07, 6.45) is 24.0. The van der Waals surface area contributed by atoms with Crippen LogP contribution in [0.25, 0.3) is 12.2 Å². The summed E-state index contributed by atoms with van der Waals surface area (Å²) < 4.78 is 0. The lowest BCUT2D eigenvalue weighted by atomic mass is 9.95. The zero-order chi connectivity index (χ0) is 18.3. The van der Waals surface area contributed by atoms with E-state index in [1.54, 1.807) is 0 Å². The third kappa shape index (κ3) is 3.10. The highest BCUT2D eigenvalue weighted by Gasteiger charge is 2.29. The number of aliphatic imine (C=N–C) groups is 2. The van der Waals surface area contributed by atoms with Gasteiger partial charge in [-0.1, -0.05) is 18.2 Å². The molecule has 4 aliphatic rings. The molecule has 0 fully saturated rings. The van der Waals surface area contributed by atoms with Crippen LogP contribution in [0, 0.1) is 0 Å². The van der Waals surface area contributed by atoms with E-state index in [4.69, 9.17) is 9.98 Å². The molecular formula is C23H20N4. The molecule has 1 unspecified atom stereocenters. The highest BCUT2D eigenvalue weighted by atomic mass is 15.0. The molecule has 0 aliphatic carbocycles. The normalized spacial score (nSPS) is 25.3. The number of aromatic amines is 1. The van der Waals surface area contributed by atoms with Gasteiger partial charge < -0.3 is 10.3 Å². The second-order valence-electron chi connectivity index (χ2n) is 7.07. The standard InChI is InChI=1S/C23H20N4/c1-2-10-23-11-9-21(27-23)14-20-6-5-17(25-20)12-16-3-4-18(24-16)13-19-7-8-22(15-23)26-19/h2-10,12-15,24,27H,11H2,1H3. The molecule has 0 amide bonds. The molecule has 0 radical (unpaired) electrons. The maximum absolute atomic E-state index is 4.77. The quantitative estimate of drug-likeness (QED) is 0.750. The number of nitrogens with zero attached hydrogens (tertiary/aromatic N) is 2. The van der Waals surface area contributed by atoms with Gasteiger partial charge in [-0.3, -0.25) is 0 Å². The highest BCUT2D eigenvalue weighted by molar-refractivity contribution is 6.20. The minimum absolute atomic E-state index is 0.253. The summed E-state index contributed by atoms with van der Waals surface area (Å²) in [7, 11) is 0. The SMILES string of the molecule is CC=CC12C=C3C=CC(=N3)C=c3ccc([nH]3)=CC3=NC(=CC(=CC1)N2)C=C3. The van der Waals surface area contributed by atoms with E-state index in [2.05, 4.69) is 77.1 Å². The van der Waals surface area contributed by atoms with Crippen LogP contribution in [0.5, 0.6) is 0 Å². The van der Waals surface area contributed by atoms with Crippen LogP contribution >= 0.6 is 0 Å². The number of rotatable bonds is 1. The molecule has 0 aromatic carbocycles. The second kappa shape index (κ2) is 6.09. The fourth-order valence-electron chi connectivity index (χ4n) is 3.74. The molecule has 0 spiro atoms. The lowest BCUT2D eigenvalue weighted by molar-refractivity contribution is 0.590. The summed E-state index contributed by atoms with van der Waals surface area (Å²) >= 11 is 0. The Hall–Kier alpha value is -3.40. The predicted octanol–water partition coefficient (Wildman–Crippen LogP) is 2.57. The van der Waals surface area contributed by atoms with Crippen LogP contribution in [0.4, 0.5) is 0 Å². The summed E-state index contributed by atoms with van der Waals surface area (Å²) in [6.45, 7) is 2.05. The number of allylic oxidation sites excluding steroid dienone is 6. The molecule has 2 N–H and O–H groups in total. The Kier molecular flexibility index (Phi) is 3.57. The molecule has 1 atom stereocenters. The minimum atomic E-state index is -0.253. The predicted molar refractivity (Wildman–Crippen MR) is 112 cm³/mol. The molecule has 5 rings (SSSR count). The molecule has 27 heavy (non-hydrogen) atoms. The third-order valence-electron chi connectivity index (χ3n) is 4.91. The molecule has 5 heterocycles. The van der Waals surface area contributed by atoms with Gasteiger partial charge in [0.2, 0.25) is 0 Å². The van der Waals surface area contributed by atoms with E-state index in [1.165, 1.54) is 0 Å². The zero-order valence-electron chi connectivity index (χ0n) is 15.1. The summed E-state index contributed by atoms with van der Waals surface area (Å²) in [5.41, 5.74) is 4.65. The Labute approximate surface area is 157 Å². The molecule has 1 aromatic rings. The second-order valence-corrected chi connectivity index (χ2v) is 7.07. The number of hydrogen-bond donors (Lipinski definition) is 2. The third-order valence-corrected chi connectivity index (χ3v) is 4.91. The van der Waals surface area contributed by atoms with Crippen LogP contribution in [-0.4, -0.2) is 21.9 Å². The lowest BCUT2D eigenvalue weighted by Crippen LogP contribution is -2.36. The van der Waals surface area contributed by atoms with Crippen molar-refractivity contribution in [2.24, 2.45) is 9.98 Å². The fourth-order valence-corrected chi connectivity index (χ4v) is 3.74. The zero-order valence-corrected chi connectivity index (χ0v) is 15.1. The van der Waals surface area contributed by atoms with E-state index in [0.29, 0.717) is 0 Å². The molecule has 8 bridgehead atoms. The van der Waals surface area contributed by atoms with Crippen LogP contribution in [-0.2, 0) is 0 Å². The smallest absolute Gasteiger partial charge is 0.0798 e. The minimum Gasteiger partial charge on any atom is -0.372 e. The molecular weight excluding hydrogens is 332 g/mol.